The monoisotopic (exact) mass is 319 g/mol. The Bertz CT molecular complexity index is 631. The molecule has 4 heteroatoms. The van der Waals surface area contributed by atoms with E-state index >= 15 is 0 Å². The Morgan fingerprint density at radius 1 is 1.27 bits per heavy atom. The molecular weight excluding hydrogens is 294 g/mol. The summed E-state index contributed by atoms with van der Waals surface area (Å²) in [4.78, 5) is 16.0. The molecule has 0 fully saturated rings. The maximum atomic E-state index is 11.7. The first-order chi connectivity index (χ1) is 10.6. The summed E-state index contributed by atoms with van der Waals surface area (Å²) in [5.41, 5.74) is 2.36. The topological polar surface area (TPSA) is 53.1 Å². The van der Waals surface area contributed by atoms with Crippen LogP contribution in [0.5, 0.6) is 0 Å². The van der Waals surface area contributed by atoms with Crippen molar-refractivity contribution < 1.29 is 9.90 Å². The summed E-state index contributed by atoms with van der Waals surface area (Å²) in [6.07, 6.45) is 5.71. The van der Waals surface area contributed by atoms with Crippen molar-refractivity contribution in [2.24, 2.45) is 5.92 Å². The number of thioether (sulfide) groups is 1. The van der Waals surface area contributed by atoms with Crippen molar-refractivity contribution >= 4 is 28.6 Å². The first-order valence-corrected chi connectivity index (χ1v) is 8.97. The average molecular weight is 319 g/mol. The standard InChI is InChI=1S/C18H25NO2S/c1-4-12(5-2)10-15(18(20)21)22-16-11-19-14-9-7-8-13(6-3)17(14)16/h7-9,11-12,15,19H,4-6,10H2,1-3H3,(H,20,21). The molecule has 0 aliphatic rings. The van der Waals surface area contributed by atoms with Crippen LogP contribution >= 0.6 is 11.8 Å². The second-order valence-electron chi connectivity index (χ2n) is 5.71. The van der Waals surface area contributed by atoms with Gasteiger partial charge in [-0.25, -0.2) is 0 Å². The van der Waals surface area contributed by atoms with Crippen LogP contribution in [-0.2, 0) is 11.2 Å². The summed E-state index contributed by atoms with van der Waals surface area (Å²) in [7, 11) is 0. The van der Waals surface area contributed by atoms with Gasteiger partial charge in [0.1, 0.15) is 5.25 Å². The molecule has 1 atom stereocenters. The number of H-pyrrole nitrogens is 1. The maximum absolute atomic E-state index is 11.7. The van der Waals surface area contributed by atoms with Crippen LogP contribution in [0.25, 0.3) is 10.9 Å². The SMILES string of the molecule is CCc1cccc2[nH]cc(SC(CC(CC)CC)C(=O)O)c12. The van der Waals surface area contributed by atoms with Crippen LogP contribution in [-0.4, -0.2) is 21.3 Å². The fourth-order valence-corrected chi connectivity index (χ4v) is 4.15. The molecule has 1 unspecified atom stereocenters. The number of hydrogen-bond donors (Lipinski definition) is 2. The van der Waals surface area contributed by atoms with Crippen molar-refractivity contribution in [3.05, 3.63) is 30.0 Å². The number of aromatic amines is 1. The second kappa shape index (κ2) is 7.73. The summed E-state index contributed by atoms with van der Waals surface area (Å²) >= 11 is 1.49. The van der Waals surface area contributed by atoms with Gasteiger partial charge in [0.05, 0.1) is 0 Å². The summed E-state index contributed by atoms with van der Waals surface area (Å²) in [5, 5.41) is 10.4. The smallest absolute Gasteiger partial charge is 0.316 e. The molecular formula is C18H25NO2S. The zero-order valence-corrected chi connectivity index (χ0v) is 14.4. The van der Waals surface area contributed by atoms with Gasteiger partial charge in [-0.05, 0) is 30.4 Å². The van der Waals surface area contributed by atoms with Crippen molar-refractivity contribution in [3.8, 4) is 0 Å². The molecule has 0 radical (unpaired) electrons. The molecule has 2 N–H and O–H groups in total. The lowest BCUT2D eigenvalue weighted by atomic mass is 9.97. The van der Waals surface area contributed by atoms with E-state index in [1.54, 1.807) is 0 Å². The summed E-state index contributed by atoms with van der Waals surface area (Å²) in [6.45, 7) is 6.41. The third-order valence-electron chi connectivity index (χ3n) is 4.38. The van der Waals surface area contributed by atoms with Gasteiger partial charge >= 0.3 is 5.97 Å². The van der Waals surface area contributed by atoms with Gasteiger partial charge in [0.15, 0.2) is 0 Å². The lowest BCUT2D eigenvalue weighted by Crippen LogP contribution is -2.20. The van der Waals surface area contributed by atoms with Crippen LogP contribution < -0.4 is 0 Å². The highest BCUT2D eigenvalue weighted by molar-refractivity contribution is 8.00. The fourth-order valence-electron chi connectivity index (χ4n) is 2.89. The molecule has 1 aromatic heterocycles. The van der Waals surface area contributed by atoms with Crippen molar-refractivity contribution in [2.45, 2.75) is 56.6 Å². The van der Waals surface area contributed by atoms with Gasteiger partial charge < -0.3 is 10.1 Å². The minimum Gasteiger partial charge on any atom is -0.480 e. The third kappa shape index (κ3) is 3.67. The third-order valence-corrected chi connectivity index (χ3v) is 5.64. The number of fused-ring (bicyclic) bond motifs is 1. The molecule has 0 saturated carbocycles. The highest BCUT2D eigenvalue weighted by Gasteiger charge is 2.24. The quantitative estimate of drug-likeness (QED) is 0.665. The molecule has 3 nitrogen and oxygen atoms in total. The average Bonchev–Trinajstić information content (AvgIpc) is 2.94. The number of carboxylic acids is 1. The molecule has 0 spiro atoms. The molecule has 0 bridgehead atoms. The van der Waals surface area contributed by atoms with Gasteiger partial charge in [-0.1, -0.05) is 45.7 Å². The normalized spacial score (nSPS) is 12.9. The fraction of sp³-hybridized carbons (Fsp3) is 0.500. The van der Waals surface area contributed by atoms with Gasteiger partial charge in [0, 0.05) is 22.0 Å². The molecule has 1 aromatic carbocycles. The predicted molar refractivity (Wildman–Crippen MR) is 93.6 cm³/mol. The van der Waals surface area contributed by atoms with Gasteiger partial charge in [-0.3, -0.25) is 4.79 Å². The van der Waals surface area contributed by atoms with Gasteiger partial charge in [0.25, 0.3) is 0 Å². The minimum atomic E-state index is -0.708. The number of benzene rings is 1. The molecule has 22 heavy (non-hydrogen) atoms. The summed E-state index contributed by atoms with van der Waals surface area (Å²) < 4.78 is 0. The number of aromatic nitrogens is 1. The predicted octanol–water partition coefficient (Wildman–Crippen LogP) is 5.10. The number of carbonyl (C=O) groups is 1. The molecule has 2 rings (SSSR count). The highest BCUT2D eigenvalue weighted by atomic mass is 32.2. The van der Waals surface area contributed by atoms with Crippen molar-refractivity contribution in [1.29, 1.82) is 0 Å². The Hall–Kier alpha value is -1.42. The summed E-state index contributed by atoms with van der Waals surface area (Å²) in [5.74, 6) is -0.232. The zero-order valence-electron chi connectivity index (χ0n) is 13.6. The maximum Gasteiger partial charge on any atom is 0.316 e. The number of aliphatic carboxylic acids is 1. The first-order valence-electron chi connectivity index (χ1n) is 8.09. The van der Waals surface area contributed by atoms with E-state index in [-0.39, 0.29) is 5.25 Å². The lowest BCUT2D eigenvalue weighted by molar-refractivity contribution is -0.136. The van der Waals surface area contributed by atoms with Crippen molar-refractivity contribution in [1.82, 2.24) is 4.98 Å². The van der Waals surface area contributed by atoms with Crippen LogP contribution in [0.3, 0.4) is 0 Å². The molecule has 0 saturated heterocycles. The number of hydrogen-bond acceptors (Lipinski definition) is 2. The van der Waals surface area contributed by atoms with E-state index in [1.165, 1.54) is 22.7 Å². The molecule has 0 aliphatic carbocycles. The largest absolute Gasteiger partial charge is 0.480 e. The minimum absolute atomic E-state index is 0.381. The van der Waals surface area contributed by atoms with Crippen molar-refractivity contribution in [2.75, 3.05) is 0 Å². The Balaban J connectivity index is 2.29. The molecule has 0 aliphatic heterocycles. The van der Waals surface area contributed by atoms with Crippen LogP contribution in [0, 0.1) is 5.92 Å². The van der Waals surface area contributed by atoms with Gasteiger partial charge in [-0.15, -0.1) is 11.8 Å². The van der Waals surface area contributed by atoms with E-state index in [4.69, 9.17) is 0 Å². The van der Waals surface area contributed by atoms with Gasteiger partial charge in [0.2, 0.25) is 0 Å². The second-order valence-corrected chi connectivity index (χ2v) is 6.95. The van der Waals surface area contributed by atoms with E-state index in [0.29, 0.717) is 5.92 Å². The van der Waals surface area contributed by atoms with Gasteiger partial charge in [-0.2, -0.15) is 0 Å². The van der Waals surface area contributed by atoms with E-state index in [0.717, 1.165) is 36.1 Å². The van der Waals surface area contributed by atoms with E-state index in [9.17, 15) is 9.90 Å². The molecule has 120 valence electrons. The highest BCUT2D eigenvalue weighted by Crippen LogP contribution is 2.36. The van der Waals surface area contributed by atoms with Crippen molar-refractivity contribution in [3.63, 3.8) is 0 Å². The van der Waals surface area contributed by atoms with E-state index < -0.39 is 5.97 Å². The van der Waals surface area contributed by atoms with Crippen LogP contribution in [0.15, 0.2) is 29.3 Å². The van der Waals surface area contributed by atoms with Crippen LogP contribution in [0.1, 0.15) is 45.6 Å². The number of rotatable bonds is 8. The first kappa shape index (κ1) is 16.9. The number of carboxylic acid groups (broad SMARTS) is 1. The van der Waals surface area contributed by atoms with Crippen LogP contribution in [0.2, 0.25) is 0 Å². The van der Waals surface area contributed by atoms with E-state index in [1.807, 2.05) is 12.3 Å². The summed E-state index contributed by atoms with van der Waals surface area (Å²) in [6, 6.07) is 6.22. The Morgan fingerprint density at radius 3 is 2.59 bits per heavy atom. The number of aryl methyl sites for hydroxylation is 1. The van der Waals surface area contributed by atoms with Crippen LogP contribution in [0.4, 0.5) is 0 Å². The zero-order chi connectivity index (χ0) is 16.1. The van der Waals surface area contributed by atoms with E-state index in [2.05, 4.69) is 37.9 Å². The Morgan fingerprint density at radius 2 is 2.00 bits per heavy atom. The Labute approximate surface area is 136 Å². The lowest BCUT2D eigenvalue weighted by Gasteiger charge is -2.18. The number of nitrogens with one attached hydrogen (secondary N) is 1. The molecule has 1 heterocycles. The molecule has 2 aromatic rings. The Kier molecular flexibility index (Phi) is 5.95. The molecule has 0 amide bonds.